The molecule has 0 atom stereocenters. The van der Waals surface area contributed by atoms with Crippen LogP contribution in [-0.4, -0.2) is 16.3 Å². The third kappa shape index (κ3) is 1.90. The van der Waals surface area contributed by atoms with Gasteiger partial charge in [-0.15, -0.1) is 0 Å². The van der Waals surface area contributed by atoms with E-state index in [1.54, 1.807) is 0 Å². The van der Waals surface area contributed by atoms with Crippen molar-refractivity contribution in [2.24, 2.45) is 0 Å². The van der Waals surface area contributed by atoms with Gasteiger partial charge >= 0.3 is 0 Å². The van der Waals surface area contributed by atoms with Crippen molar-refractivity contribution in [3.05, 3.63) is 24.5 Å². The zero-order valence-electron chi connectivity index (χ0n) is 5.25. The molecule has 1 N–H and O–H groups in total. The van der Waals surface area contributed by atoms with Crippen LogP contribution in [0, 0.1) is 6.20 Å². The van der Waals surface area contributed by atoms with Gasteiger partial charge in [0.05, 0.1) is 6.20 Å². The Kier molecular flexibility index (Phi) is 2.33. The number of aliphatic hydroxyl groups excluding tert-OH is 1. The Morgan fingerprint density at radius 3 is 3.00 bits per heavy atom. The molecule has 49 valence electrons. The fourth-order valence-electron chi connectivity index (χ4n) is 0.709. The molecule has 0 fully saturated rings. The van der Waals surface area contributed by atoms with Gasteiger partial charge in [0.15, 0.2) is 0 Å². The molecule has 1 aromatic rings. The number of hydrogen-bond donors (Lipinski definition) is 1. The lowest BCUT2D eigenvalue weighted by molar-refractivity contribution is 0.279. The van der Waals surface area contributed by atoms with Crippen molar-refractivity contribution in [3.63, 3.8) is 0 Å². The summed E-state index contributed by atoms with van der Waals surface area (Å²) in [6.07, 6.45) is 5.73. The third-order valence-electron chi connectivity index (χ3n) is 1.16. The van der Waals surface area contributed by atoms with Crippen LogP contribution in [0.2, 0.25) is 0 Å². The minimum absolute atomic E-state index is 0.256. The van der Waals surface area contributed by atoms with Crippen LogP contribution in [0.4, 0.5) is 0 Å². The maximum atomic E-state index is 8.44. The van der Waals surface area contributed by atoms with Crippen molar-refractivity contribution in [2.45, 2.75) is 13.0 Å². The molecule has 1 rings (SSSR count). The van der Waals surface area contributed by atoms with E-state index in [2.05, 4.69) is 6.20 Å². The summed E-state index contributed by atoms with van der Waals surface area (Å²) in [5.74, 6) is 0. The second-order valence-corrected chi connectivity index (χ2v) is 1.91. The van der Waals surface area contributed by atoms with Gasteiger partial charge in [-0.2, -0.15) is 0 Å². The van der Waals surface area contributed by atoms with Crippen molar-refractivity contribution < 1.29 is 5.11 Å². The lowest BCUT2D eigenvalue weighted by atomic mass is 10.4. The summed E-state index contributed by atoms with van der Waals surface area (Å²) >= 11 is 0. The molecule has 0 aliphatic heterocycles. The molecule has 0 aromatic carbocycles. The fourth-order valence-corrected chi connectivity index (χ4v) is 0.709. The van der Waals surface area contributed by atoms with Gasteiger partial charge in [0.2, 0.25) is 0 Å². The van der Waals surface area contributed by atoms with Crippen LogP contribution in [0.25, 0.3) is 0 Å². The largest absolute Gasteiger partial charge is 0.396 e. The normalized spacial score (nSPS) is 9.89. The number of rotatable bonds is 3. The predicted octanol–water partition coefficient (Wildman–Crippen LogP) is 0.671. The van der Waals surface area contributed by atoms with Crippen LogP contribution in [0.5, 0.6) is 0 Å². The Bertz CT molecular complexity index is 146. The molecule has 0 spiro atoms. The van der Waals surface area contributed by atoms with Crippen molar-refractivity contribution in [1.29, 1.82) is 0 Å². The lowest BCUT2D eigenvalue weighted by Gasteiger charge is -1.96. The molecule has 9 heavy (non-hydrogen) atoms. The van der Waals surface area contributed by atoms with Crippen LogP contribution >= 0.6 is 0 Å². The molecular weight excluding hydrogens is 114 g/mol. The summed E-state index contributed by atoms with van der Waals surface area (Å²) < 4.78 is 1.93. The molecule has 1 heterocycles. The lowest BCUT2D eigenvalue weighted by Crippen LogP contribution is -1.96. The summed E-state index contributed by atoms with van der Waals surface area (Å²) in [4.78, 5) is 0. The molecule has 0 saturated carbocycles. The highest BCUT2D eigenvalue weighted by atomic mass is 16.3. The van der Waals surface area contributed by atoms with E-state index in [4.69, 9.17) is 5.11 Å². The van der Waals surface area contributed by atoms with Crippen molar-refractivity contribution >= 4 is 0 Å². The zero-order valence-corrected chi connectivity index (χ0v) is 5.25. The number of aryl methyl sites for hydroxylation is 1. The minimum Gasteiger partial charge on any atom is -0.396 e. The highest BCUT2D eigenvalue weighted by molar-refractivity contribution is 4.87. The first kappa shape index (κ1) is 6.36. The molecule has 0 amide bonds. The second kappa shape index (κ2) is 3.30. The van der Waals surface area contributed by atoms with Gasteiger partial charge in [-0.25, -0.2) is 0 Å². The Hall–Kier alpha value is -0.760. The van der Waals surface area contributed by atoms with Gasteiger partial charge in [0, 0.05) is 19.3 Å². The molecule has 0 bridgehead atoms. The van der Waals surface area contributed by atoms with Crippen molar-refractivity contribution in [2.75, 3.05) is 6.61 Å². The number of nitrogens with zero attached hydrogens (tertiary/aromatic N) is 1. The van der Waals surface area contributed by atoms with Gasteiger partial charge in [0.25, 0.3) is 0 Å². The van der Waals surface area contributed by atoms with E-state index in [0.717, 1.165) is 13.0 Å². The Balaban J connectivity index is 2.30. The molecule has 1 radical (unpaired) electrons. The third-order valence-corrected chi connectivity index (χ3v) is 1.16. The minimum atomic E-state index is 0.256. The Labute approximate surface area is 54.7 Å². The highest BCUT2D eigenvalue weighted by Crippen LogP contribution is 1.90. The number of aliphatic hydroxyl groups is 1. The molecule has 2 heteroatoms. The highest BCUT2D eigenvalue weighted by Gasteiger charge is 1.85. The first-order valence-electron chi connectivity index (χ1n) is 3.07. The van der Waals surface area contributed by atoms with Crippen molar-refractivity contribution in [3.8, 4) is 0 Å². The van der Waals surface area contributed by atoms with Crippen LogP contribution in [0.1, 0.15) is 6.42 Å². The first-order chi connectivity index (χ1) is 4.43. The maximum Gasteiger partial charge on any atom is 0.0647 e. The summed E-state index contributed by atoms with van der Waals surface area (Å²) in [5, 5.41) is 8.44. The van der Waals surface area contributed by atoms with Crippen LogP contribution < -0.4 is 0 Å². The summed E-state index contributed by atoms with van der Waals surface area (Å²) in [6, 6.07) is 3.79. The molecule has 1 aromatic heterocycles. The van der Waals surface area contributed by atoms with E-state index in [-0.39, 0.29) is 6.61 Å². The average Bonchev–Trinajstić information content (AvgIpc) is 2.34. The van der Waals surface area contributed by atoms with E-state index < -0.39 is 0 Å². The van der Waals surface area contributed by atoms with Gasteiger partial charge in [-0.05, 0) is 18.6 Å². The van der Waals surface area contributed by atoms with E-state index in [0.29, 0.717) is 0 Å². The van der Waals surface area contributed by atoms with E-state index >= 15 is 0 Å². The summed E-state index contributed by atoms with van der Waals surface area (Å²) in [5.41, 5.74) is 0. The first-order valence-corrected chi connectivity index (χ1v) is 3.07. The average molecular weight is 124 g/mol. The monoisotopic (exact) mass is 124 g/mol. The quantitative estimate of drug-likeness (QED) is 0.629. The SMILES string of the molecule is OCCCn1[c]ccc1. The summed E-state index contributed by atoms with van der Waals surface area (Å²) in [6.45, 7) is 1.12. The van der Waals surface area contributed by atoms with Crippen LogP contribution in [0.3, 0.4) is 0 Å². The second-order valence-electron chi connectivity index (χ2n) is 1.91. The number of aromatic nitrogens is 1. The van der Waals surface area contributed by atoms with Crippen LogP contribution in [0.15, 0.2) is 18.3 Å². The Morgan fingerprint density at radius 2 is 2.44 bits per heavy atom. The molecule has 0 aliphatic carbocycles. The molecule has 0 saturated heterocycles. The van der Waals surface area contributed by atoms with E-state index in [1.807, 2.05) is 22.9 Å². The van der Waals surface area contributed by atoms with Gasteiger partial charge in [-0.3, -0.25) is 0 Å². The fraction of sp³-hybridized carbons (Fsp3) is 0.429. The van der Waals surface area contributed by atoms with E-state index in [1.165, 1.54) is 0 Å². The van der Waals surface area contributed by atoms with Crippen molar-refractivity contribution in [1.82, 2.24) is 4.57 Å². The van der Waals surface area contributed by atoms with E-state index in [9.17, 15) is 0 Å². The predicted molar refractivity (Wildman–Crippen MR) is 35.0 cm³/mol. The topological polar surface area (TPSA) is 25.2 Å². The van der Waals surface area contributed by atoms with Gasteiger partial charge < -0.3 is 9.67 Å². The van der Waals surface area contributed by atoms with Gasteiger partial charge in [-0.1, -0.05) is 0 Å². The maximum absolute atomic E-state index is 8.44. The standard InChI is InChI=1S/C7H10NO/c9-7-3-6-8-4-1-2-5-8/h1-2,4,9H,3,6-7H2. The van der Waals surface area contributed by atoms with Gasteiger partial charge in [0.1, 0.15) is 0 Å². The number of hydrogen-bond acceptors (Lipinski definition) is 1. The molecular formula is C7H10NO. The Morgan fingerprint density at radius 1 is 1.56 bits per heavy atom. The summed E-state index contributed by atoms with van der Waals surface area (Å²) in [7, 11) is 0. The molecule has 0 aliphatic rings. The molecule has 0 unspecified atom stereocenters. The molecule has 2 nitrogen and oxygen atoms in total. The smallest absolute Gasteiger partial charge is 0.0647 e. The zero-order chi connectivity index (χ0) is 6.53. The van der Waals surface area contributed by atoms with Crippen LogP contribution in [-0.2, 0) is 6.54 Å².